The van der Waals surface area contributed by atoms with Crippen LogP contribution in [0.25, 0.3) is 0 Å². The minimum Gasteiger partial charge on any atom is -0.379 e. The lowest BCUT2D eigenvalue weighted by Gasteiger charge is -2.22. The third-order valence-corrected chi connectivity index (χ3v) is 5.34. The summed E-state index contributed by atoms with van der Waals surface area (Å²) in [4.78, 5) is 27.6. The summed E-state index contributed by atoms with van der Waals surface area (Å²) in [6.45, 7) is 3.54. The van der Waals surface area contributed by atoms with Gasteiger partial charge in [-0.25, -0.2) is 4.63 Å². The summed E-state index contributed by atoms with van der Waals surface area (Å²) in [5, 5.41) is 16.4. The van der Waals surface area contributed by atoms with E-state index in [0.717, 1.165) is 77.2 Å². The molecule has 10 heteroatoms. The van der Waals surface area contributed by atoms with E-state index in [0.29, 0.717) is 19.4 Å². The molecule has 0 spiro atoms. The van der Waals surface area contributed by atoms with E-state index in [1.165, 1.54) is 25.7 Å². The largest absolute Gasteiger partial charge is 0.379 e. The zero-order valence-electron chi connectivity index (χ0n) is 19.2. The summed E-state index contributed by atoms with van der Waals surface area (Å²) in [6, 6.07) is 0. The number of unbranched alkanes of at least 4 members (excludes halogenated alkanes) is 10. The Morgan fingerprint density at radius 3 is 1.91 bits per heavy atom. The highest BCUT2D eigenvalue weighted by atomic mass is 16.6. The molecule has 10 nitrogen and oxygen atoms in total. The molecule has 0 amide bonds. The Hall–Kier alpha value is -2.33. The van der Waals surface area contributed by atoms with E-state index in [1.807, 2.05) is 5.48 Å². The predicted molar refractivity (Wildman–Crippen MR) is 124 cm³/mol. The number of nitrogens with two attached hydrogens (primary N) is 1. The van der Waals surface area contributed by atoms with Gasteiger partial charge in [0.15, 0.2) is 17.3 Å². The van der Waals surface area contributed by atoms with Gasteiger partial charge in [-0.15, -0.1) is 0 Å². The van der Waals surface area contributed by atoms with Crippen LogP contribution in [0.3, 0.4) is 0 Å². The average molecular weight is 453 g/mol. The van der Waals surface area contributed by atoms with Crippen molar-refractivity contribution >= 4 is 24.2 Å². The number of nitrogens with one attached hydrogen (secondary N) is 1. The number of hydrogen-bond donors (Lipinski definition) is 3. The van der Waals surface area contributed by atoms with Crippen LogP contribution in [0.2, 0.25) is 0 Å². The molecule has 32 heavy (non-hydrogen) atoms. The summed E-state index contributed by atoms with van der Waals surface area (Å²) in [6.07, 6.45) is 15.4. The topological polar surface area (TPSA) is 147 Å². The van der Waals surface area contributed by atoms with Gasteiger partial charge in [0.25, 0.3) is 0 Å². The van der Waals surface area contributed by atoms with Crippen LogP contribution in [0.4, 0.5) is 5.82 Å². The van der Waals surface area contributed by atoms with Gasteiger partial charge in [-0.3, -0.25) is 15.7 Å². The Kier molecular flexibility index (Phi) is 16.8. The standard InChI is InChI=1S/C22H40N6O4/c23-21-20(26-32-27-21)22(25-31)24-14-13-17-28(15-9-5-1-3-7-11-18-29)16-10-6-2-4-8-12-19-30/h18-19,31H,1-17H2,(H2,23,27)(H,24,25). The number of aromatic nitrogens is 2. The molecule has 0 saturated carbocycles. The van der Waals surface area contributed by atoms with Gasteiger partial charge in [0.05, 0.1) is 0 Å². The van der Waals surface area contributed by atoms with E-state index in [-0.39, 0.29) is 17.3 Å². The van der Waals surface area contributed by atoms with Crippen LogP contribution in [0.15, 0.2) is 9.62 Å². The number of nitrogens with zero attached hydrogens (tertiary/aromatic N) is 4. The molecule has 4 N–H and O–H groups in total. The second-order valence-electron chi connectivity index (χ2n) is 7.98. The van der Waals surface area contributed by atoms with Crippen LogP contribution in [0, 0.1) is 0 Å². The second kappa shape index (κ2) is 19.4. The lowest BCUT2D eigenvalue weighted by atomic mass is 10.1. The summed E-state index contributed by atoms with van der Waals surface area (Å²) in [5.41, 5.74) is 7.85. The lowest BCUT2D eigenvalue weighted by molar-refractivity contribution is -0.108. The first-order valence-electron chi connectivity index (χ1n) is 11.9. The fourth-order valence-electron chi connectivity index (χ4n) is 3.53. The first-order chi connectivity index (χ1) is 15.7. The molecule has 0 fully saturated rings. The van der Waals surface area contributed by atoms with Crippen molar-refractivity contribution in [2.75, 3.05) is 31.9 Å². The number of carbonyl (C=O) groups excluding carboxylic acids is 2. The molecule has 0 saturated heterocycles. The van der Waals surface area contributed by atoms with E-state index < -0.39 is 0 Å². The van der Waals surface area contributed by atoms with Crippen molar-refractivity contribution < 1.29 is 19.4 Å². The Bertz CT molecular complexity index is 616. The fourth-order valence-corrected chi connectivity index (χ4v) is 3.53. The van der Waals surface area contributed by atoms with Crippen LogP contribution >= 0.6 is 0 Å². The molecular formula is C22H40N6O4. The Morgan fingerprint density at radius 1 is 0.875 bits per heavy atom. The molecule has 0 aliphatic heterocycles. The summed E-state index contributed by atoms with van der Waals surface area (Å²) >= 11 is 0. The maximum Gasteiger partial charge on any atom is 0.199 e. The molecule has 0 bridgehead atoms. The van der Waals surface area contributed by atoms with Gasteiger partial charge in [0.2, 0.25) is 0 Å². The van der Waals surface area contributed by atoms with Crippen molar-refractivity contribution in [2.45, 2.75) is 83.5 Å². The third kappa shape index (κ3) is 13.2. The molecule has 0 radical (unpaired) electrons. The van der Waals surface area contributed by atoms with Crippen molar-refractivity contribution in [3.63, 3.8) is 0 Å². The van der Waals surface area contributed by atoms with Gasteiger partial charge in [-0.05, 0) is 62.1 Å². The van der Waals surface area contributed by atoms with E-state index in [1.54, 1.807) is 0 Å². The van der Waals surface area contributed by atoms with Gasteiger partial charge in [-0.2, -0.15) is 0 Å². The maximum absolute atomic E-state index is 10.4. The Balaban J connectivity index is 2.36. The number of hydroxylamine groups is 1. The maximum atomic E-state index is 10.4. The van der Waals surface area contributed by atoms with Gasteiger partial charge in [0, 0.05) is 19.4 Å². The Morgan fingerprint density at radius 2 is 1.41 bits per heavy atom. The normalized spacial score (nSPS) is 11.8. The quantitative estimate of drug-likeness (QED) is 0.0841. The minimum atomic E-state index is 0.0770. The Labute approximate surface area is 190 Å². The third-order valence-electron chi connectivity index (χ3n) is 5.34. The fraction of sp³-hybridized carbons (Fsp3) is 0.773. The number of nitrogen functional groups attached to an aromatic ring is 1. The summed E-state index contributed by atoms with van der Waals surface area (Å²) < 4.78 is 4.54. The SMILES string of the molecule is Nc1nonc1C(=NCCCN(CCCCCCCC=O)CCCCCCCC=O)NO. The van der Waals surface area contributed by atoms with Crippen LogP contribution in [-0.4, -0.2) is 65.0 Å². The molecule has 0 atom stereocenters. The number of hydrogen-bond acceptors (Lipinski definition) is 9. The van der Waals surface area contributed by atoms with E-state index >= 15 is 0 Å². The van der Waals surface area contributed by atoms with Gasteiger partial charge in [0.1, 0.15) is 12.6 Å². The lowest BCUT2D eigenvalue weighted by Crippen LogP contribution is -2.28. The summed E-state index contributed by atoms with van der Waals surface area (Å²) in [7, 11) is 0. The van der Waals surface area contributed by atoms with Crippen molar-refractivity contribution in [2.24, 2.45) is 4.99 Å². The molecular weight excluding hydrogens is 412 g/mol. The highest BCUT2D eigenvalue weighted by Crippen LogP contribution is 2.10. The molecule has 0 aliphatic carbocycles. The van der Waals surface area contributed by atoms with E-state index in [2.05, 4.69) is 24.8 Å². The average Bonchev–Trinajstić information content (AvgIpc) is 3.22. The molecule has 182 valence electrons. The second-order valence-corrected chi connectivity index (χ2v) is 7.98. The smallest absolute Gasteiger partial charge is 0.199 e. The number of aldehydes is 2. The van der Waals surface area contributed by atoms with Crippen LogP contribution in [0.1, 0.15) is 89.2 Å². The predicted octanol–water partition coefficient (Wildman–Crippen LogP) is 3.15. The van der Waals surface area contributed by atoms with Crippen molar-refractivity contribution in [3.8, 4) is 0 Å². The van der Waals surface area contributed by atoms with Crippen molar-refractivity contribution in [1.82, 2.24) is 20.7 Å². The summed E-state index contributed by atoms with van der Waals surface area (Å²) in [5.74, 6) is 0.231. The van der Waals surface area contributed by atoms with Crippen LogP contribution in [-0.2, 0) is 9.59 Å². The molecule has 1 heterocycles. The number of aliphatic imine (C=N–C) groups is 1. The molecule has 1 rings (SSSR count). The first-order valence-corrected chi connectivity index (χ1v) is 11.9. The molecule has 1 aromatic heterocycles. The molecule has 0 aromatic carbocycles. The zero-order chi connectivity index (χ0) is 23.3. The molecule has 0 unspecified atom stereocenters. The highest BCUT2D eigenvalue weighted by molar-refractivity contribution is 5.99. The number of rotatable bonds is 21. The first kappa shape index (κ1) is 27.7. The monoisotopic (exact) mass is 452 g/mol. The molecule has 0 aliphatic rings. The van der Waals surface area contributed by atoms with Gasteiger partial charge >= 0.3 is 0 Å². The number of amidine groups is 1. The minimum absolute atomic E-state index is 0.0770. The van der Waals surface area contributed by atoms with Crippen molar-refractivity contribution in [3.05, 3.63) is 5.69 Å². The zero-order valence-corrected chi connectivity index (χ0v) is 19.2. The van der Waals surface area contributed by atoms with Gasteiger partial charge in [-0.1, -0.05) is 38.5 Å². The van der Waals surface area contributed by atoms with E-state index in [4.69, 9.17) is 5.73 Å². The molecule has 1 aromatic rings. The highest BCUT2D eigenvalue weighted by Gasteiger charge is 2.13. The number of carbonyl (C=O) groups is 2. The van der Waals surface area contributed by atoms with Crippen molar-refractivity contribution in [1.29, 1.82) is 0 Å². The van der Waals surface area contributed by atoms with E-state index in [9.17, 15) is 14.8 Å². The van der Waals surface area contributed by atoms with Gasteiger partial charge < -0.3 is 20.2 Å². The van der Waals surface area contributed by atoms with Crippen LogP contribution in [0.5, 0.6) is 0 Å². The number of anilines is 1. The van der Waals surface area contributed by atoms with Crippen LogP contribution < -0.4 is 11.2 Å².